The molecule has 0 amide bonds. The van der Waals surface area contributed by atoms with E-state index in [2.05, 4.69) is 27.9 Å². The van der Waals surface area contributed by atoms with Crippen LogP contribution in [0.5, 0.6) is 5.75 Å². The maximum absolute atomic E-state index is 5.71. The van der Waals surface area contributed by atoms with Crippen LogP contribution < -0.4 is 4.74 Å². The molecule has 114 valence electrons. The Balaban J connectivity index is 1.74. The Morgan fingerprint density at radius 2 is 2.09 bits per heavy atom. The summed E-state index contributed by atoms with van der Waals surface area (Å²) in [6.45, 7) is 6.12. The number of H-pyrrole nitrogens is 1. The van der Waals surface area contributed by atoms with Gasteiger partial charge in [-0.15, -0.1) is 0 Å². The molecule has 0 aliphatic rings. The van der Waals surface area contributed by atoms with Crippen molar-refractivity contribution in [2.45, 2.75) is 37.8 Å². The van der Waals surface area contributed by atoms with Crippen molar-refractivity contribution in [3.63, 3.8) is 0 Å². The average Bonchev–Trinajstić information content (AvgIpc) is 2.87. The quantitative estimate of drug-likeness (QED) is 0.712. The Hall–Kier alpha value is -2.01. The zero-order valence-corrected chi connectivity index (χ0v) is 13.8. The summed E-state index contributed by atoms with van der Waals surface area (Å²) in [5.41, 5.74) is 4.24. The first-order valence-corrected chi connectivity index (χ1v) is 8.29. The van der Waals surface area contributed by atoms with Crippen molar-refractivity contribution in [1.82, 2.24) is 15.0 Å². The zero-order chi connectivity index (χ0) is 15.5. The average molecular weight is 313 g/mol. The molecule has 0 aliphatic heterocycles. The number of imidazole rings is 1. The van der Waals surface area contributed by atoms with E-state index in [4.69, 9.17) is 4.74 Å². The van der Waals surface area contributed by atoms with Gasteiger partial charge in [0.2, 0.25) is 0 Å². The molecule has 5 heteroatoms. The van der Waals surface area contributed by atoms with Gasteiger partial charge in [-0.2, -0.15) is 0 Å². The molecule has 22 heavy (non-hydrogen) atoms. The maximum atomic E-state index is 5.71. The van der Waals surface area contributed by atoms with E-state index in [0.29, 0.717) is 0 Å². The van der Waals surface area contributed by atoms with Crippen LogP contribution in [0.3, 0.4) is 0 Å². The second-order valence-electron chi connectivity index (χ2n) is 5.50. The van der Waals surface area contributed by atoms with E-state index in [9.17, 15) is 0 Å². The number of benzene rings is 1. The van der Waals surface area contributed by atoms with Gasteiger partial charge in [0.05, 0.1) is 22.8 Å². The summed E-state index contributed by atoms with van der Waals surface area (Å²) in [5.74, 6) is 1.67. The van der Waals surface area contributed by atoms with Crippen LogP contribution in [-0.2, 0) is 5.75 Å². The van der Waals surface area contributed by atoms with E-state index in [-0.39, 0.29) is 6.10 Å². The fourth-order valence-electron chi connectivity index (χ4n) is 2.20. The van der Waals surface area contributed by atoms with Gasteiger partial charge in [-0.05, 0) is 50.6 Å². The molecule has 1 aromatic carbocycles. The van der Waals surface area contributed by atoms with Crippen LogP contribution in [0.4, 0.5) is 0 Å². The van der Waals surface area contributed by atoms with Crippen molar-refractivity contribution in [3.8, 4) is 5.75 Å². The van der Waals surface area contributed by atoms with Crippen LogP contribution in [0.2, 0.25) is 0 Å². The summed E-state index contributed by atoms with van der Waals surface area (Å²) in [7, 11) is 0. The van der Waals surface area contributed by atoms with Gasteiger partial charge in [0.1, 0.15) is 5.75 Å². The molecule has 0 fully saturated rings. The van der Waals surface area contributed by atoms with E-state index < -0.39 is 0 Å². The highest BCUT2D eigenvalue weighted by Crippen LogP contribution is 2.25. The Bertz CT molecular complexity index is 782. The third kappa shape index (κ3) is 3.60. The Kier molecular flexibility index (Phi) is 4.34. The number of hydrogen-bond acceptors (Lipinski definition) is 4. The first kappa shape index (κ1) is 14.9. The van der Waals surface area contributed by atoms with Gasteiger partial charge in [-0.25, -0.2) is 4.98 Å². The molecule has 2 aromatic heterocycles. The van der Waals surface area contributed by atoms with Crippen LogP contribution in [0, 0.1) is 6.92 Å². The zero-order valence-electron chi connectivity index (χ0n) is 13.0. The van der Waals surface area contributed by atoms with Gasteiger partial charge >= 0.3 is 0 Å². The first-order chi connectivity index (χ1) is 10.6. The van der Waals surface area contributed by atoms with Gasteiger partial charge in [0.15, 0.2) is 5.16 Å². The molecule has 3 aromatic rings. The van der Waals surface area contributed by atoms with Crippen LogP contribution in [0.25, 0.3) is 11.0 Å². The third-order valence-corrected chi connectivity index (χ3v) is 4.04. The number of aryl methyl sites for hydroxylation is 1. The number of nitrogens with zero attached hydrogens (tertiary/aromatic N) is 2. The molecule has 0 bridgehead atoms. The smallest absolute Gasteiger partial charge is 0.166 e. The summed E-state index contributed by atoms with van der Waals surface area (Å²) < 4.78 is 5.71. The fourth-order valence-corrected chi connectivity index (χ4v) is 2.99. The summed E-state index contributed by atoms with van der Waals surface area (Å²) >= 11 is 1.66. The minimum absolute atomic E-state index is 0.168. The van der Waals surface area contributed by atoms with Gasteiger partial charge in [-0.1, -0.05) is 11.8 Å². The Morgan fingerprint density at radius 3 is 2.86 bits per heavy atom. The van der Waals surface area contributed by atoms with Crippen molar-refractivity contribution in [2.24, 2.45) is 0 Å². The monoisotopic (exact) mass is 313 g/mol. The summed E-state index contributed by atoms with van der Waals surface area (Å²) in [6.07, 6.45) is 2.01. The second-order valence-corrected chi connectivity index (χ2v) is 6.46. The standard InChI is InChI=1S/C17H19N3OS/c1-11(2)21-14-4-5-15-16(9-14)20-17(19-15)22-10-13-8-12(3)6-7-18-13/h4-9,11H,10H2,1-3H3,(H,19,20). The number of aromatic nitrogens is 3. The number of nitrogens with one attached hydrogen (secondary N) is 1. The Labute approximate surface area is 134 Å². The summed E-state index contributed by atoms with van der Waals surface area (Å²) in [5, 5.41) is 0.903. The molecule has 4 nitrogen and oxygen atoms in total. The van der Waals surface area contributed by atoms with Crippen LogP contribution in [0.15, 0.2) is 41.7 Å². The summed E-state index contributed by atoms with van der Waals surface area (Å²) in [6, 6.07) is 10.0. The topological polar surface area (TPSA) is 50.8 Å². The highest BCUT2D eigenvalue weighted by molar-refractivity contribution is 7.98. The molecule has 0 saturated carbocycles. The molecule has 0 aliphatic carbocycles. The van der Waals surface area contributed by atoms with Gasteiger partial charge in [0.25, 0.3) is 0 Å². The molecule has 3 rings (SSSR count). The van der Waals surface area contributed by atoms with E-state index in [0.717, 1.165) is 33.4 Å². The minimum Gasteiger partial charge on any atom is -0.491 e. The first-order valence-electron chi connectivity index (χ1n) is 7.31. The van der Waals surface area contributed by atoms with E-state index in [1.165, 1.54) is 5.56 Å². The van der Waals surface area contributed by atoms with Gasteiger partial charge in [-0.3, -0.25) is 4.98 Å². The minimum atomic E-state index is 0.168. The van der Waals surface area contributed by atoms with Crippen LogP contribution in [-0.4, -0.2) is 21.1 Å². The number of fused-ring (bicyclic) bond motifs is 1. The van der Waals surface area contributed by atoms with Crippen LogP contribution in [0.1, 0.15) is 25.1 Å². The lowest BCUT2D eigenvalue weighted by atomic mass is 10.3. The van der Waals surface area contributed by atoms with E-state index >= 15 is 0 Å². The predicted molar refractivity (Wildman–Crippen MR) is 90.4 cm³/mol. The summed E-state index contributed by atoms with van der Waals surface area (Å²) in [4.78, 5) is 12.3. The number of hydrogen-bond donors (Lipinski definition) is 1. The number of ether oxygens (including phenoxy) is 1. The second kappa shape index (κ2) is 6.40. The Morgan fingerprint density at radius 1 is 1.23 bits per heavy atom. The lowest BCUT2D eigenvalue weighted by molar-refractivity contribution is 0.242. The van der Waals surface area contributed by atoms with Crippen molar-refractivity contribution < 1.29 is 4.74 Å². The predicted octanol–water partition coefficient (Wildman–Crippen LogP) is 4.35. The van der Waals surface area contributed by atoms with Crippen molar-refractivity contribution >= 4 is 22.8 Å². The van der Waals surface area contributed by atoms with Crippen molar-refractivity contribution in [3.05, 3.63) is 47.8 Å². The van der Waals surface area contributed by atoms with Gasteiger partial charge in [0, 0.05) is 18.0 Å². The highest BCUT2D eigenvalue weighted by atomic mass is 32.2. The fraction of sp³-hybridized carbons (Fsp3) is 0.294. The lowest BCUT2D eigenvalue weighted by Gasteiger charge is -2.08. The van der Waals surface area contributed by atoms with Crippen LogP contribution >= 0.6 is 11.8 Å². The third-order valence-electron chi connectivity index (χ3n) is 3.13. The molecule has 2 heterocycles. The molecule has 0 unspecified atom stereocenters. The number of pyridine rings is 1. The van der Waals surface area contributed by atoms with E-state index in [1.807, 2.05) is 44.3 Å². The van der Waals surface area contributed by atoms with Crippen molar-refractivity contribution in [1.29, 1.82) is 0 Å². The largest absolute Gasteiger partial charge is 0.491 e. The highest BCUT2D eigenvalue weighted by Gasteiger charge is 2.06. The molecule has 1 N–H and O–H groups in total. The number of thioether (sulfide) groups is 1. The number of rotatable bonds is 5. The molecule has 0 atom stereocenters. The molecule has 0 saturated heterocycles. The number of aromatic amines is 1. The molecular formula is C17H19N3OS. The molecule has 0 radical (unpaired) electrons. The normalized spacial score (nSPS) is 11.3. The van der Waals surface area contributed by atoms with E-state index in [1.54, 1.807) is 11.8 Å². The maximum Gasteiger partial charge on any atom is 0.166 e. The molecule has 0 spiro atoms. The molecular weight excluding hydrogens is 294 g/mol. The van der Waals surface area contributed by atoms with Crippen molar-refractivity contribution in [2.75, 3.05) is 0 Å². The lowest BCUT2D eigenvalue weighted by Crippen LogP contribution is -2.05. The SMILES string of the molecule is Cc1ccnc(CSc2nc3ccc(OC(C)C)cc3[nH]2)c1. The van der Waals surface area contributed by atoms with Gasteiger partial charge < -0.3 is 9.72 Å².